The Hall–Kier alpha value is -1.36. The molecule has 0 unspecified atom stereocenters. The first kappa shape index (κ1) is 10.7. The molecule has 0 aromatic heterocycles. The van der Waals surface area contributed by atoms with E-state index in [0.717, 1.165) is 6.07 Å². The van der Waals surface area contributed by atoms with Gasteiger partial charge in [0.05, 0.1) is 6.61 Å². The van der Waals surface area contributed by atoms with Crippen LogP contribution in [0.1, 0.15) is 15.9 Å². The van der Waals surface area contributed by atoms with Crippen LogP contribution in [0.3, 0.4) is 0 Å². The third-order valence-electron chi connectivity index (χ3n) is 1.69. The summed E-state index contributed by atoms with van der Waals surface area (Å²) >= 11 is 0. The Morgan fingerprint density at radius 1 is 1.29 bits per heavy atom. The maximum absolute atomic E-state index is 12.0. The first-order chi connectivity index (χ1) is 6.46. The largest absolute Gasteiger partial charge is 0.454 e. The van der Waals surface area contributed by atoms with Crippen LogP contribution in [0.15, 0.2) is 24.3 Å². The molecule has 1 aromatic rings. The molecule has 0 aliphatic carbocycles. The van der Waals surface area contributed by atoms with E-state index in [9.17, 15) is 18.0 Å². The van der Waals surface area contributed by atoms with E-state index in [4.69, 9.17) is 5.11 Å². The summed E-state index contributed by atoms with van der Waals surface area (Å²) in [5.41, 5.74) is -0.516. The van der Waals surface area contributed by atoms with Gasteiger partial charge >= 0.3 is 6.18 Å². The van der Waals surface area contributed by atoms with E-state index in [1.54, 1.807) is 0 Å². The third kappa shape index (κ3) is 2.11. The summed E-state index contributed by atoms with van der Waals surface area (Å²) in [6.07, 6.45) is -4.90. The molecule has 0 saturated carbocycles. The quantitative estimate of drug-likeness (QED) is 0.747. The highest BCUT2D eigenvalue weighted by Crippen LogP contribution is 2.23. The SMILES string of the molecule is O=C(c1ccccc1CO)C(F)(F)F. The lowest BCUT2D eigenvalue weighted by Gasteiger charge is -2.08. The van der Waals surface area contributed by atoms with Crippen LogP contribution < -0.4 is 0 Å². The number of carbonyl (C=O) groups is 1. The first-order valence-electron chi connectivity index (χ1n) is 3.77. The topological polar surface area (TPSA) is 37.3 Å². The van der Waals surface area contributed by atoms with Crippen molar-refractivity contribution in [2.24, 2.45) is 0 Å². The first-order valence-corrected chi connectivity index (χ1v) is 3.77. The number of benzene rings is 1. The Morgan fingerprint density at radius 3 is 2.36 bits per heavy atom. The van der Waals surface area contributed by atoms with Gasteiger partial charge in [0.15, 0.2) is 0 Å². The van der Waals surface area contributed by atoms with Gasteiger partial charge in [-0.3, -0.25) is 4.79 Å². The molecule has 1 rings (SSSR count). The van der Waals surface area contributed by atoms with E-state index in [2.05, 4.69) is 0 Å². The maximum atomic E-state index is 12.0. The lowest BCUT2D eigenvalue weighted by Crippen LogP contribution is -2.23. The molecule has 0 aliphatic rings. The zero-order chi connectivity index (χ0) is 10.8. The molecule has 5 heteroatoms. The number of Topliss-reactive ketones (excluding diaryl/α,β-unsaturated/α-hetero) is 1. The van der Waals surface area contributed by atoms with Crippen LogP contribution in [0.25, 0.3) is 0 Å². The minimum absolute atomic E-state index is 0.0187. The molecule has 0 bridgehead atoms. The number of aliphatic hydroxyl groups is 1. The van der Waals surface area contributed by atoms with Gasteiger partial charge in [-0.05, 0) is 5.56 Å². The van der Waals surface area contributed by atoms with Crippen LogP contribution in [0.5, 0.6) is 0 Å². The number of rotatable bonds is 2. The van der Waals surface area contributed by atoms with Crippen molar-refractivity contribution >= 4 is 5.78 Å². The zero-order valence-electron chi connectivity index (χ0n) is 7.01. The number of hydrogen-bond acceptors (Lipinski definition) is 2. The predicted molar refractivity (Wildman–Crippen MR) is 42.8 cm³/mol. The Balaban J connectivity index is 3.13. The summed E-state index contributed by atoms with van der Waals surface area (Å²) in [5, 5.41) is 8.71. The summed E-state index contributed by atoms with van der Waals surface area (Å²) < 4.78 is 36.1. The Labute approximate surface area is 78.0 Å². The second kappa shape index (κ2) is 3.79. The predicted octanol–water partition coefficient (Wildman–Crippen LogP) is 1.92. The van der Waals surface area contributed by atoms with Crippen LogP contribution in [0.2, 0.25) is 0 Å². The molecule has 0 heterocycles. The second-order valence-corrected chi connectivity index (χ2v) is 2.64. The van der Waals surface area contributed by atoms with Crippen LogP contribution in [0.4, 0.5) is 13.2 Å². The van der Waals surface area contributed by atoms with Gasteiger partial charge in [-0.15, -0.1) is 0 Å². The van der Waals surface area contributed by atoms with E-state index in [1.807, 2.05) is 0 Å². The Bertz CT molecular complexity index is 344. The van der Waals surface area contributed by atoms with Gasteiger partial charge in [0, 0.05) is 5.56 Å². The highest BCUT2D eigenvalue weighted by molar-refractivity contribution is 6.01. The van der Waals surface area contributed by atoms with Gasteiger partial charge in [-0.25, -0.2) is 0 Å². The number of halogens is 3. The van der Waals surface area contributed by atoms with E-state index in [-0.39, 0.29) is 5.56 Å². The summed E-state index contributed by atoms with van der Waals surface area (Å²) in [5.74, 6) is -1.93. The van der Waals surface area contributed by atoms with Crippen molar-refractivity contribution in [3.05, 3.63) is 35.4 Å². The molecule has 76 valence electrons. The average molecular weight is 204 g/mol. The van der Waals surface area contributed by atoms with E-state index in [1.165, 1.54) is 18.2 Å². The lowest BCUT2D eigenvalue weighted by atomic mass is 10.0. The highest BCUT2D eigenvalue weighted by Gasteiger charge is 2.40. The summed E-state index contributed by atoms with van der Waals surface area (Å²) in [4.78, 5) is 10.8. The smallest absolute Gasteiger partial charge is 0.392 e. The highest BCUT2D eigenvalue weighted by atomic mass is 19.4. The minimum atomic E-state index is -4.90. The molecule has 0 saturated heterocycles. The normalized spacial score (nSPS) is 11.4. The molecular weight excluding hydrogens is 197 g/mol. The van der Waals surface area contributed by atoms with Crippen molar-refractivity contribution in [2.75, 3.05) is 0 Å². The number of hydrogen-bond donors (Lipinski definition) is 1. The molecule has 0 aliphatic heterocycles. The van der Waals surface area contributed by atoms with Gasteiger partial charge in [0.25, 0.3) is 5.78 Å². The maximum Gasteiger partial charge on any atom is 0.454 e. The van der Waals surface area contributed by atoms with Gasteiger partial charge in [-0.2, -0.15) is 13.2 Å². The Kier molecular flexibility index (Phi) is 2.90. The van der Waals surface area contributed by atoms with Crippen molar-refractivity contribution in [1.29, 1.82) is 0 Å². The fourth-order valence-corrected chi connectivity index (χ4v) is 1.03. The molecule has 14 heavy (non-hydrogen) atoms. The number of carbonyl (C=O) groups excluding carboxylic acids is 1. The summed E-state index contributed by atoms with van der Waals surface area (Å²) in [6.45, 7) is -0.585. The molecule has 0 fully saturated rings. The summed E-state index contributed by atoms with van der Waals surface area (Å²) in [6, 6.07) is 5.09. The fourth-order valence-electron chi connectivity index (χ4n) is 1.03. The third-order valence-corrected chi connectivity index (χ3v) is 1.69. The molecule has 1 aromatic carbocycles. The molecule has 0 spiro atoms. The number of ketones is 1. The molecule has 0 atom stereocenters. The van der Waals surface area contributed by atoms with Crippen molar-refractivity contribution < 1.29 is 23.1 Å². The molecule has 2 nitrogen and oxygen atoms in total. The number of aliphatic hydroxyl groups excluding tert-OH is 1. The second-order valence-electron chi connectivity index (χ2n) is 2.64. The van der Waals surface area contributed by atoms with Gasteiger partial charge in [0.1, 0.15) is 0 Å². The summed E-state index contributed by atoms with van der Waals surface area (Å²) in [7, 11) is 0. The van der Waals surface area contributed by atoms with Crippen LogP contribution in [-0.2, 0) is 6.61 Å². The average Bonchev–Trinajstić information content (AvgIpc) is 2.15. The Morgan fingerprint density at radius 2 is 1.86 bits per heavy atom. The van der Waals surface area contributed by atoms with Gasteiger partial charge < -0.3 is 5.11 Å². The molecule has 1 N–H and O–H groups in total. The van der Waals surface area contributed by atoms with Gasteiger partial charge in [-0.1, -0.05) is 24.3 Å². The standard InChI is InChI=1S/C9H7F3O2/c10-9(11,12)8(14)7-4-2-1-3-6(7)5-13/h1-4,13H,5H2. The van der Waals surface area contributed by atoms with E-state index >= 15 is 0 Å². The van der Waals surface area contributed by atoms with Gasteiger partial charge in [0.2, 0.25) is 0 Å². The van der Waals surface area contributed by atoms with Crippen LogP contribution >= 0.6 is 0 Å². The number of alkyl halides is 3. The van der Waals surface area contributed by atoms with Crippen LogP contribution in [-0.4, -0.2) is 17.1 Å². The monoisotopic (exact) mass is 204 g/mol. The molecule has 0 radical (unpaired) electrons. The fraction of sp³-hybridized carbons (Fsp3) is 0.222. The molecule has 0 amide bonds. The van der Waals surface area contributed by atoms with Crippen molar-refractivity contribution in [1.82, 2.24) is 0 Å². The van der Waals surface area contributed by atoms with E-state index in [0.29, 0.717) is 0 Å². The van der Waals surface area contributed by atoms with Crippen molar-refractivity contribution in [3.8, 4) is 0 Å². The van der Waals surface area contributed by atoms with Crippen LogP contribution in [0, 0.1) is 0 Å². The molecular formula is C9H7F3O2. The zero-order valence-corrected chi connectivity index (χ0v) is 7.01. The van der Waals surface area contributed by atoms with E-state index < -0.39 is 24.1 Å². The lowest BCUT2D eigenvalue weighted by molar-refractivity contribution is -0.0886. The van der Waals surface area contributed by atoms with Crippen molar-refractivity contribution in [3.63, 3.8) is 0 Å². The minimum Gasteiger partial charge on any atom is -0.392 e. The van der Waals surface area contributed by atoms with Crippen molar-refractivity contribution in [2.45, 2.75) is 12.8 Å².